The third-order valence-electron chi connectivity index (χ3n) is 3.99. The van der Waals surface area contributed by atoms with Crippen molar-refractivity contribution in [3.63, 3.8) is 0 Å². The van der Waals surface area contributed by atoms with E-state index >= 15 is 0 Å². The second-order valence-corrected chi connectivity index (χ2v) is 6.36. The molecule has 1 amide bonds. The van der Waals surface area contributed by atoms with Gasteiger partial charge in [-0.05, 0) is 51.8 Å². The van der Waals surface area contributed by atoms with Crippen molar-refractivity contribution in [2.24, 2.45) is 0 Å². The molecule has 2 unspecified atom stereocenters. The zero-order valence-electron chi connectivity index (χ0n) is 14.5. The summed E-state index contributed by atoms with van der Waals surface area (Å²) in [6, 6.07) is 5.66. The van der Waals surface area contributed by atoms with E-state index in [0.29, 0.717) is 17.5 Å². The molecule has 2 aromatic rings. The number of hydrogen-bond acceptors (Lipinski definition) is 3. The number of nitrogens with one attached hydrogen (secondary N) is 1. The average molecular weight is 333 g/mol. The van der Waals surface area contributed by atoms with Crippen molar-refractivity contribution in [3.8, 4) is 0 Å². The van der Waals surface area contributed by atoms with Crippen molar-refractivity contribution in [2.45, 2.75) is 52.3 Å². The van der Waals surface area contributed by atoms with Crippen molar-refractivity contribution in [2.75, 3.05) is 0 Å². The predicted octanol–water partition coefficient (Wildman–Crippen LogP) is 3.15. The molecule has 0 saturated carbocycles. The van der Waals surface area contributed by atoms with Crippen LogP contribution in [0.1, 0.15) is 61.0 Å². The number of benzene rings is 1. The molecule has 0 spiro atoms. The second-order valence-electron chi connectivity index (χ2n) is 6.36. The van der Waals surface area contributed by atoms with Crippen LogP contribution in [0.3, 0.4) is 0 Å². The molecule has 0 bridgehead atoms. The standard InChI is InChI=1S/C18H24FN3O2/c1-11(2)22-13(4)16(10-20-22)18(24)21-12(3)9-17(23)14-5-7-15(19)8-6-14/h5-8,10-12,17,23H,9H2,1-4H3,(H,21,24). The normalized spacial score (nSPS) is 13.8. The van der Waals surface area contributed by atoms with Crippen LogP contribution in [0, 0.1) is 12.7 Å². The number of amides is 1. The molecule has 2 N–H and O–H groups in total. The summed E-state index contributed by atoms with van der Waals surface area (Å²) < 4.78 is 14.7. The molecule has 2 rings (SSSR count). The molecule has 0 saturated heterocycles. The first kappa shape index (κ1) is 18.1. The molecule has 1 aromatic carbocycles. The fraction of sp³-hybridized carbons (Fsp3) is 0.444. The molecule has 0 fully saturated rings. The highest BCUT2D eigenvalue weighted by molar-refractivity contribution is 5.95. The number of carbonyl (C=O) groups is 1. The molecule has 0 aliphatic carbocycles. The Labute approximate surface area is 141 Å². The van der Waals surface area contributed by atoms with Crippen LogP contribution >= 0.6 is 0 Å². The van der Waals surface area contributed by atoms with Crippen LogP contribution in [0.25, 0.3) is 0 Å². The highest BCUT2D eigenvalue weighted by Crippen LogP contribution is 2.19. The van der Waals surface area contributed by atoms with Crippen LogP contribution in [0.15, 0.2) is 30.5 Å². The molecular weight excluding hydrogens is 309 g/mol. The lowest BCUT2D eigenvalue weighted by Gasteiger charge is -2.18. The smallest absolute Gasteiger partial charge is 0.254 e. The average Bonchev–Trinajstić information content (AvgIpc) is 2.89. The first-order valence-corrected chi connectivity index (χ1v) is 8.08. The molecule has 6 heteroatoms. The zero-order chi connectivity index (χ0) is 17.9. The topological polar surface area (TPSA) is 67.2 Å². The third kappa shape index (κ3) is 4.20. The van der Waals surface area contributed by atoms with Gasteiger partial charge in [0.25, 0.3) is 5.91 Å². The fourth-order valence-electron chi connectivity index (χ4n) is 2.68. The molecule has 1 heterocycles. The van der Waals surface area contributed by atoms with Gasteiger partial charge in [0.05, 0.1) is 17.9 Å². The number of halogens is 1. The van der Waals surface area contributed by atoms with Gasteiger partial charge in [0.2, 0.25) is 0 Å². The summed E-state index contributed by atoms with van der Waals surface area (Å²) >= 11 is 0. The first-order chi connectivity index (χ1) is 11.3. The maximum atomic E-state index is 12.9. The Morgan fingerprint density at radius 3 is 2.46 bits per heavy atom. The molecule has 130 valence electrons. The van der Waals surface area contributed by atoms with Crippen molar-refractivity contribution < 1.29 is 14.3 Å². The summed E-state index contributed by atoms with van der Waals surface area (Å²) in [5, 5.41) is 17.3. The lowest BCUT2D eigenvalue weighted by molar-refractivity contribution is 0.0916. The van der Waals surface area contributed by atoms with Crippen LogP contribution in [-0.2, 0) is 0 Å². The minimum atomic E-state index is -0.764. The van der Waals surface area contributed by atoms with Gasteiger partial charge in [-0.2, -0.15) is 5.10 Å². The van der Waals surface area contributed by atoms with Gasteiger partial charge in [0.15, 0.2) is 0 Å². The van der Waals surface area contributed by atoms with Gasteiger partial charge < -0.3 is 10.4 Å². The second kappa shape index (κ2) is 7.57. The number of hydrogen-bond donors (Lipinski definition) is 2. The van der Waals surface area contributed by atoms with Gasteiger partial charge in [-0.25, -0.2) is 4.39 Å². The molecular formula is C18H24FN3O2. The van der Waals surface area contributed by atoms with Crippen molar-refractivity contribution in [3.05, 3.63) is 53.1 Å². The van der Waals surface area contributed by atoms with Crippen LogP contribution < -0.4 is 5.32 Å². The van der Waals surface area contributed by atoms with Gasteiger partial charge in [0.1, 0.15) is 5.82 Å². The van der Waals surface area contributed by atoms with Crippen molar-refractivity contribution in [1.82, 2.24) is 15.1 Å². The Morgan fingerprint density at radius 1 is 1.29 bits per heavy atom. The first-order valence-electron chi connectivity index (χ1n) is 8.08. The van der Waals surface area contributed by atoms with Crippen LogP contribution in [0.4, 0.5) is 4.39 Å². The van der Waals surface area contributed by atoms with Crippen LogP contribution in [-0.4, -0.2) is 26.8 Å². The summed E-state index contributed by atoms with van der Waals surface area (Å²) in [6.45, 7) is 7.69. The Morgan fingerprint density at radius 2 is 1.92 bits per heavy atom. The number of aromatic nitrogens is 2. The van der Waals surface area contributed by atoms with E-state index in [2.05, 4.69) is 10.4 Å². The highest BCUT2D eigenvalue weighted by Gasteiger charge is 2.19. The Kier molecular flexibility index (Phi) is 5.72. The van der Waals surface area contributed by atoms with E-state index in [1.807, 2.05) is 27.7 Å². The fourth-order valence-corrected chi connectivity index (χ4v) is 2.68. The van der Waals surface area contributed by atoms with Crippen molar-refractivity contribution >= 4 is 5.91 Å². The summed E-state index contributed by atoms with van der Waals surface area (Å²) in [5.41, 5.74) is 1.97. The molecule has 2 atom stereocenters. The SMILES string of the molecule is Cc1c(C(=O)NC(C)CC(O)c2ccc(F)cc2)cnn1C(C)C. The van der Waals surface area contributed by atoms with Gasteiger partial charge in [-0.15, -0.1) is 0 Å². The van der Waals surface area contributed by atoms with E-state index in [0.717, 1.165) is 5.69 Å². The van der Waals surface area contributed by atoms with Gasteiger partial charge in [0, 0.05) is 17.8 Å². The minimum absolute atomic E-state index is 0.185. The maximum Gasteiger partial charge on any atom is 0.254 e. The summed E-state index contributed by atoms with van der Waals surface area (Å²) in [5.74, 6) is -0.553. The molecule has 0 radical (unpaired) electrons. The number of aliphatic hydroxyl groups excluding tert-OH is 1. The van der Waals surface area contributed by atoms with E-state index in [1.54, 1.807) is 23.0 Å². The maximum absolute atomic E-state index is 12.9. The lowest BCUT2D eigenvalue weighted by Crippen LogP contribution is -2.34. The van der Waals surface area contributed by atoms with Gasteiger partial charge in [-0.1, -0.05) is 12.1 Å². The Bertz CT molecular complexity index is 695. The van der Waals surface area contributed by atoms with E-state index in [-0.39, 0.29) is 23.8 Å². The third-order valence-corrected chi connectivity index (χ3v) is 3.99. The van der Waals surface area contributed by atoms with Gasteiger partial charge in [-0.3, -0.25) is 9.48 Å². The Hall–Kier alpha value is -2.21. The molecule has 24 heavy (non-hydrogen) atoms. The number of nitrogens with zero attached hydrogens (tertiary/aromatic N) is 2. The number of aliphatic hydroxyl groups is 1. The van der Waals surface area contributed by atoms with E-state index < -0.39 is 6.10 Å². The zero-order valence-corrected chi connectivity index (χ0v) is 14.5. The molecule has 5 nitrogen and oxygen atoms in total. The van der Waals surface area contributed by atoms with Gasteiger partial charge >= 0.3 is 0 Å². The Balaban J connectivity index is 1.97. The summed E-state index contributed by atoms with van der Waals surface area (Å²) in [4.78, 5) is 12.4. The quantitative estimate of drug-likeness (QED) is 0.853. The number of carbonyl (C=O) groups excluding carboxylic acids is 1. The highest BCUT2D eigenvalue weighted by atomic mass is 19.1. The van der Waals surface area contributed by atoms with E-state index in [1.165, 1.54) is 12.1 Å². The summed E-state index contributed by atoms with van der Waals surface area (Å²) in [7, 11) is 0. The van der Waals surface area contributed by atoms with Crippen LogP contribution in [0.5, 0.6) is 0 Å². The van der Waals surface area contributed by atoms with Crippen LogP contribution in [0.2, 0.25) is 0 Å². The summed E-state index contributed by atoms with van der Waals surface area (Å²) in [6.07, 6.45) is 1.14. The minimum Gasteiger partial charge on any atom is -0.388 e. The largest absolute Gasteiger partial charge is 0.388 e. The molecule has 0 aliphatic rings. The van der Waals surface area contributed by atoms with Crippen molar-refractivity contribution in [1.29, 1.82) is 0 Å². The number of rotatable bonds is 6. The monoisotopic (exact) mass is 333 g/mol. The molecule has 0 aliphatic heterocycles. The lowest BCUT2D eigenvalue weighted by atomic mass is 10.0. The van der Waals surface area contributed by atoms with E-state index in [9.17, 15) is 14.3 Å². The molecule has 1 aromatic heterocycles. The van der Waals surface area contributed by atoms with E-state index in [4.69, 9.17) is 0 Å². The predicted molar refractivity (Wildman–Crippen MR) is 90.3 cm³/mol.